The fourth-order valence-corrected chi connectivity index (χ4v) is 10.9. The summed E-state index contributed by atoms with van der Waals surface area (Å²) in [5.41, 5.74) is 14.3. The molecule has 4 aromatic rings. The number of carbonyl (C=O) groups excluding carboxylic acids is 5. The number of anilines is 1. The first kappa shape index (κ1) is 72.8. The number of nitrogen functional groups attached to an aromatic ring is 1. The number of benzene rings is 2. The molecule has 2 aromatic heterocycles. The molecule has 0 aliphatic carbocycles. The van der Waals surface area contributed by atoms with Crippen LogP contribution >= 0.6 is 23.5 Å². The number of aromatic nitrogens is 3. The Bertz CT molecular complexity index is 3580. The minimum absolute atomic E-state index is 0.0182. The molecule has 0 spiro atoms. The van der Waals surface area contributed by atoms with Gasteiger partial charge in [-0.1, -0.05) is 23.0 Å². The van der Waals surface area contributed by atoms with Crippen molar-refractivity contribution >= 4 is 93.7 Å². The standard InChI is InChI=1S/C48H57N12O28P3/c49-41-40-26(20-60(42(40)55-24-54-41)37-19-33(61)34(86-37)21-85-90(78,79)88-91(80,81)87-89(75,76)77)4-2-10-51-35(62)22-82-13-14-83-36(58-59-50)23-84-30-5-1-3-25(18-30)43(67)52-11-12-53-44(68)27-15-28(45(69)56-31(47(71)72)6-8-38(63)64)17-29(16-27)46(70)57-32(48(73)74)7-9-39(65)66/h1,3,5,15-18,20,24,31-34,36-37,61H,6-14,19,21-23H2,(H,51,62)(H,52,67)(H,53,68)(H,56,69)(H,57,70)(H,63,64)(H,65,66)(H,71,72)(H,73,74)(H,78,79)(H,80,81)(H2,49,54,55)(H2,75,76,77)/t31-,32-,33-,34+,36?,37+/m0/s1. The highest BCUT2D eigenvalue weighted by atomic mass is 31.3. The molecule has 2 aromatic carbocycles. The van der Waals surface area contributed by atoms with Crippen LogP contribution in [0, 0.1) is 11.8 Å². The molecule has 91 heavy (non-hydrogen) atoms. The van der Waals surface area contributed by atoms with Crippen molar-refractivity contribution in [3.05, 3.63) is 93.2 Å². The molecule has 1 saturated heterocycles. The van der Waals surface area contributed by atoms with Crippen LogP contribution in [0.3, 0.4) is 0 Å². The van der Waals surface area contributed by atoms with Gasteiger partial charge in [0.1, 0.15) is 61.2 Å². The Hall–Kier alpha value is -8.99. The zero-order chi connectivity index (χ0) is 67.2. The lowest BCUT2D eigenvalue weighted by Crippen LogP contribution is -2.42. The maximum Gasteiger partial charge on any atom is 0.490 e. The normalized spacial score (nSPS) is 16.8. The summed E-state index contributed by atoms with van der Waals surface area (Å²) in [6, 6.07) is 5.00. The molecule has 1 aliphatic heterocycles. The zero-order valence-electron chi connectivity index (χ0n) is 46.7. The van der Waals surface area contributed by atoms with Crippen LogP contribution in [0.25, 0.3) is 21.5 Å². The highest BCUT2D eigenvalue weighted by Gasteiger charge is 2.43. The van der Waals surface area contributed by atoms with Crippen molar-refractivity contribution < 1.29 is 134 Å². The molecule has 0 saturated carbocycles. The minimum atomic E-state index is -5.81. The fraction of sp³-hybridized carbons (Fsp3) is 0.396. The number of aliphatic carboxylic acids is 4. The molecule has 5 amide bonds. The van der Waals surface area contributed by atoms with Crippen molar-refractivity contribution in [3.63, 3.8) is 0 Å². The number of nitrogens with two attached hydrogens (primary N) is 1. The summed E-state index contributed by atoms with van der Waals surface area (Å²) >= 11 is 0. The highest BCUT2D eigenvalue weighted by molar-refractivity contribution is 7.66. The summed E-state index contributed by atoms with van der Waals surface area (Å²) in [5, 5.41) is 63.2. The van der Waals surface area contributed by atoms with Gasteiger partial charge in [0, 0.05) is 65.7 Å². The lowest BCUT2D eigenvalue weighted by atomic mass is 10.0. The van der Waals surface area contributed by atoms with Gasteiger partial charge in [-0.15, -0.1) is 0 Å². The Kier molecular flexibility index (Phi) is 27.0. The zero-order valence-corrected chi connectivity index (χ0v) is 49.4. The molecule has 3 heterocycles. The lowest BCUT2D eigenvalue weighted by Gasteiger charge is -2.19. The summed E-state index contributed by atoms with van der Waals surface area (Å²) in [4.78, 5) is 159. The van der Waals surface area contributed by atoms with E-state index in [-0.39, 0.29) is 85.2 Å². The number of nitrogens with one attached hydrogen (secondary N) is 5. The van der Waals surface area contributed by atoms with Gasteiger partial charge in [0.2, 0.25) is 5.91 Å². The number of aliphatic hydroxyl groups excluding tert-OH is 1. The molecule has 16 N–H and O–H groups in total. The number of amides is 5. The van der Waals surface area contributed by atoms with Crippen molar-refractivity contribution in [3.8, 4) is 17.6 Å². The van der Waals surface area contributed by atoms with Gasteiger partial charge in [-0.2, -0.15) is 8.62 Å². The molecule has 1 aliphatic rings. The molecule has 40 nitrogen and oxygen atoms in total. The molecule has 5 rings (SSSR count). The molecule has 43 heteroatoms. The van der Waals surface area contributed by atoms with Crippen LogP contribution in [0.1, 0.15) is 85.3 Å². The van der Waals surface area contributed by atoms with Gasteiger partial charge in [-0.05, 0) is 54.8 Å². The number of phosphoric ester groups is 1. The number of rotatable bonds is 36. The molecular formula is C48H57N12O28P3. The van der Waals surface area contributed by atoms with Gasteiger partial charge in [-0.25, -0.2) is 33.3 Å². The van der Waals surface area contributed by atoms with Gasteiger partial charge < -0.3 is 101 Å². The largest absolute Gasteiger partial charge is 0.491 e. The van der Waals surface area contributed by atoms with Crippen LogP contribution in [0.4, 0.5) is 5.82 Å². The highest BCUT2D eigenvalue weighted by Crippen LogP contribution is 2.66. The first-order chi connectivity index (χ1) is 42.8. The second-order valence-corrected chi connectivity index (χ2v) is 23.1. The Balaban J connectivity index is 1.07. The summed E-state index contributed by atoms with van der Waals surface area (Å²) in [5.74, 6) is -4.84. The fourth-order valence-electron chi connectivity index (χ4n) is 7.85. The van der Waals surface area contributed by atoms with E-state index in [1.54, 1.807) is 0 Å². The van der Waals surface area contributed by atoms with Gasteiger partial charge >= 0.3 is 47.3 Å². The number of fused-ring (bicyclic) bond motifs is 1. The van der Waals surface area contributed by atoms with E-state index in [2.05, 4.69) is 71.6 Å². The number of phosphoric acid groups is 3. The van der Waals surface area contributed by atoms with Crippen LogP contribution in [-0.4, -0.2) is 196 Å². The quantitative estimate of drug-likeness (QED) is 0.00680. The van der Waals surface area contributed by atoms with Crippen molar-refractivity contribution in [2.75, 3.05) is 58.4 Å². The first-order valence-corrected chi connectivity index (χ1v) is 30.5. The molecule has 0 radical (unpaired) electrons. The van der Waals surface area contributed by atoms with Crippen LogP contribution < -0.4 is 37.1 Å². The Morgan fingerprint density at radius 2 is 1.38 bits per heavy atom. The molecule has 8 atom stereocenters. The SMILES string of the molecule is [N-]=[N+]=NC(COc1cccc(C(=O)NCCNC(=O)c2cc(C(=O)N[C@@H](CCC(=O)O)C(=O)O)cc(C(=O)N[C@@H](CCC(=O)O)C(=O)O)c2)c1)OCCOCC(=O)NCC#Cc1cn([C@H]2C[C@H](O)[C@@H](COP(=O)(O)OP(=O)(O)OP(=O)(O)O)O2)c2ncnc(N)c12. The molecule has 3 unspecified atom stereocenters. The van der Waals surface area contributed by atoms with Gasteiger partial charge in [0.05, 0.1) is 43.4 Å². The smallest absolute Gasteiger partial charge is 0.490 e. The first-order valence-electron chi connectivity index (χ1n) is 26.0. The van der Waals surface area contributed by atoms with E-state index in [1.807, 2.05) is 0 Å². The van der Waals surface area contributed by atoms with E-state index in [0.717, 1.165) is 24.5 Å². The Morgan fingerprint density at radius 1 is 0.791 bits per heavy atom. The van der Waals surface area contributed by atoms with Crippen LogP contribution in [0.2, 0.25) is 0 Å². The number of carboxylic acids is 4. The number of hydrogen-bond donors (Lipinski definition) is 15. The second-order valence-electron chi connectivity index (χ2n) is 18.6. The Morgan fingerprint density at radius 3 is 1.96 bits per heavy atom. The summed E-state index contributed by atoms with van der Waals surface area (Å²) in [6.07, 6.45) is -5.06. The molecule has 0 bridgehead atoms. The lowest BCUT2D eigenvalue weighted by molar-refractivity contribution is -0.142. The van der Waals surface area contributed by atoms with Crippen molar-refractivity contribution in [2.45, 2.75) is 68.9 Å². The van der Waals surface area contributed by atoms with Crippen LogP contribution in [0.15, 0.2) is 60.1 Å². The predicted octanol–water partition coefficient (Wildman–Crippen LogP) is -0.523. The van der Waals surface area contributed by atoms with E-state index in [1.165, 1.54) is 35.0 Å². The van der Waals surface area contributed by atoms with Crippen molar-refractivity contribution in [2.24, 2.45) is 5.11 Å². The van der Waals surface area contributed by atoms with E-state index >= 15 is 0 Å². The predicted molar refractivity (Wildman–Crippen MR) is 300 cm³/mol. The maximum absolute atomic E-state index is 13.4. The topological polar surface area (TPSA) is 617 Å². The average Bonchev–Trinajstić information content (AvgIpc) is 1.65. The number of hydrogen-bond acceptors (Lipinski definition) is 24. The van der Waals surface area contributed by atoms with Crippen LogP contribution in [-0.2, 0) is 65.0 Å². The maximum atomic E-state index is 13.4. The van der Waals surface area contributed by atoms with E-state index in [0.29, 0.717) is 0 Å². The summed E-state index contributed by atoms with van der Waals surface area (Å²) < 4.78 is 70.4. The minimum Gasteiger partial charge on any atom is -0.491 e. The average molecular weight is 1340 g/mol. The summed E-state index contributed by atoms with van der Waals surface area (Å²) in [6.45, 7) is -2.84. The van der Waals surface area contributed by atoms with E-state index in [4.69, 9.17) is 50.2 Å². The second kappa shape index (κ2) is 33.7. The number of carboxylic acid groups (broad SMARTS) is 4. The summed E-state index contributed by atoms with van der Waals surface area (Å²) in [7, 11) is -17.0. The Labute approximate surface area is 510 Å². The number of carbonyl (C=O) groups is 9. The number of nitrogens with zero attached hydrogens (tertiary/aromatic N) is 6. The van der Waals surface area contributed by atoms with Crippen LogP contribution in [0.5, 0.6) is 5.75 Å². The van der Waals surface area contributed by atoms with E-state index in [9.17, 15) is 82.0 Å². The molecule has 492 valence electrons. The van der Waals surface area contributed by atoms with Crippen molar-refractivity contribution in [1.29, 1.82) is 0 Å². The number of azide groups is 1. The van der Waals surface area contributed by atoms with Gasteiger partial charge in [-0.3, -0.25) is 38.1 Å². The van der Waals surface area contributed by atoms with Gasteiger partial charge in [0.15, 0.2) is 6.23 Å². The monoisotopic (exact) mass is 1340 g/mol. The van der Waals surface area contributed by atoms with E-state index < -0.39 is 164 Å². The third-order valence-electron chi connectivity index (χ3n) is 11.9. The third-order valence-corrected chi connectivity index (χ3v) is 15.7. The van der Waals surface area contributed by atoms with Crippen molar-refractivity contribution in [1.82, 2.24) is 41.1 Å². The number of ether oxygens (including phenoxy) is 4. The molecular weight excluding hydrogens is 1290 g/mol. The number of aliphatic hydroxyl groups is 1. The molecule has 1 fully saturated rings. The third kappa shape index (κ3) is 24.0. The van der Waals surface area contributed by atoms with Gasteiger partial charge in [0.25, 0.3) is 23.6 Å².